The monoisotopic (exact) mass is 257 g/mol. The molecular formula is C15H15NOS. The molecule has 92 valence electrons. The van der Waals surface area contributed by atoms with Gasteiger partial charge in [0.15, 0.2) is 0 Å². The molecule has 0 amide bonds. The second-order valence-corrected chi connectivity index (χ2v) is 5.33. The summed E-state index contributed by atoms with van der Waals surface area (Å²) in [5.41, 5.74) is 1.96. The maximum atomic E-state index is 12.0. The van der Waals surface area contributed by atoms with Crippen LogP contribution < -0.4 is 0 Å². The molecule has 0 saturated carbocycles. The lowest BCUT2D eigenvalue weighted by molar-refractivity contribution is 0.108. The van der Waals surface area contributed by atoms with Crippen molar-refractivity contribution in [3.05, 3.63) is 59.8 Å². The molecule has 0 fully saturated rings. The molecule has 0 spiro atoms. The van der Waals surface area contributed by atoms with Crippen LogP contribution in [0.4, 0.5) is 0 Å². The molecule has 2 nitrogen and oxygen atoms in total. The third-order valence-electron chi connectivity index (χ3n) is 2.65. The molecule has 1 aromatic carbocycles. The molecule has 0 radical (unpaired) electrons. The molecule has 18 heavy (non-hydrogen) atoms. The van der Waals surface area contributed by atoms with Crippen molar-refractivity contribution in [1.29, 1.82) is 0 Å². The number of hydrogen-bond acceptors (Lipinski definition) is 3. The van der Waals surface area contributed by atoms with Crippen LogP contribution in [0.25, 0.3) is 0 Å². The van der Waals surface area contributed by atoms with E-state index >= 15 is 0 Å². The number of pyridine rings is 1. The molecule has 2 rings (SSSR count). The van der Waals surface area contributed by atoms with E-state index < -0.39 is 0 Å². The highest BCUT2D eigenvalue weighted by atomic mass is 32.2. The number of aromatic nitrogens is 1. The summed E-state index contributed by atoms with van der Waals surface area (Å²) in [7, 11) is 0. The van der Waals surface area contributed by atoms with Crippen molar-refractivity contribution in [2.45, 2.75) is 24.8 Å². The second kappa shape index (κ2) is 5.83. The molecule has 0 unspecified atom stereocenters. The summed E-state index contributed by atoms with van der Waals surface area (Å²) < 4.78 is 0. The third-order valence-corrected chi connectivity index (χ3v) is 3.52. The first kappa shape index (κ1) is 12.8. The normalized spacial score (nSPS) is 10.6. The van der Waals surface area contributed by atoms with Crippen molar-refractivity contribution in [3.8, 4) is 0 Å². The van der Waals surface area contributed by atoms with Crippen molar-refractivity contribution < 1.29 is 4.79 Å². The zero-order chi connectivity index (χ0) is 13.0. The molecule has 0 aliphatic carbocycles. The van der Waals surface area contributed by atoms with Crippen LogP contribution >= 0.6 is 11.8 Å². The average molecular weight is 257 g/mol. The van der Waals surface area contributed by atoms with E-state index in [4.69, 9.17) is 0 Å². The Morgan fingerprint density at radius 3 is 2.39 bits per heavy atom. The number of nitrogens with zero attached hydrogens (tertiary/aromatic N) is 1. The molecule has 0 atom stereocenters. The first-order valence-electron chi connectivity index (χ1n) is 5.90. The summed E-state index contributed by atoms with van der Waals surface area (Å²) in [4.78, 5) is 16.2. The van der Waals surface area contributed by atoms with Crippen LogP contribution in [0.2, 0.25) is 0 Å². The molecule has 1 heterocycles. The minimum absolute atomic E-state index is 0.0315. The Morgan fingerprint density at radius 2 is 1.83 bits per heavy atom. The highest BCUT2D eigenvalue weighted by Crippen LogP contribution is 2.22. The quantitative estimate of drug-likeness (QED) is 0.774. The molecule has 0 bridgehead atoms. The number of rotatable bonds is 3. The van der Waals surface area contributed by atoms with Crippen LogP contribution in [0.15, 0.2) is 53.7 Å². The maximum Gasteiger partial charge on any atom is 0.225 e. The van der Waals surface area contributed by atoms with Crippen LogP contribution in [0, 0.1) is 0 Å². The fourth-order valence-electron chi connectivity index (χ4n) is 1.57. The molecule has 0 aliphatic heterocycles. The highest BCUT2D eigenvalue weighted by Gasteiger charge is 2.09. The Labute approximate surface area is 111 Å². The standard InChI is InChI=1S/C15H15NOS/c1-11(2)12-6-8-13(9-7-12)15(17)18-14-5-3-4-10-16-14/h3-11H,1-2H3. The van der Waals surface area contributed by atoms with Gasteiger partial charge in [0.2, 0.25) is 5.12 Å². The summed E-state index contributed by atoms with van der Waals surface area (Å²) >= 11 is 1.16. The van der Waals surface area contributed by atoms with Gasteiger partial charge >= 0.3 is 0 Å². The largest absolute Gasteiger partial charge is 0.281 e. The van der Waals surface area contributed by atoms with E-state index in [1.807, 2.05) is 42.5 Å². The number of carbonyl (C=O) groups excluding carboxylic acids is 1. The van der Waals surface area contributed by atoms with Gasteiger partial charge in [0.1, 0.15) is 5.03 Å². The SMILES string of the molecule is CC(C)c1ccc(C(=O)Sc2ccccn2)cc1. The van der Waals surface area contributed by atoms with E-state index in [0.717, 1.165) is 22.4 Å². The number of benzene rings is 1. The summed E-state index contributed by atoms with van der Waals surface area (Å²) in [5.74, 6) is 0.484. The minimum Gasteiger partial charge on any atom is -0.281 e. The van der Waals surface area contributed by atoms with Crippen molar-refractivity contribution in [3.63, 3.8) is 0 Å². The minimum atomic E-state index is 0.0315. The Hall–Kier alpha value is -1.61. The van der Waals surface area contributed by atoms with Crippen molar-refractivity contribution in [2.24, 2.45) is 0 Å². The van der Waals surface area contributed by atoms with Gasteiger partial charge in [-0.2, -0.15) is 0 Å². The average Bonchev–Trinajstić information content (AvgIpc) is 2.40. The number of hydrogen-bond donors (Lipinski definition) is 0. The number of carbonyl (C=O) groups is 1. The van der Waals surface area contributed by atoms with Crippen molar-refractivity contribution >= 4 is 16.9 Å². The molecule has 2 aromatic rings. The maximum absolute atomic E-state index is 12.0. The van der Waals surface area contributed by atoms with Crippen molar-refractivity contribution in [2.75, 3.05) is 0 Å². The summed E-state index contributed by atoms with van der Waals surface area (Å²) in [6.07, 6.45) is 1.69. The summed E-state index contributed by atoms with van der Waals surface area (Å²) in [5, 5.41) is 0.763. The van der Waals surface area contributed by atoms with Gasteiger partial charge < -0.3 is 0 Å². The predicted molar refractivity (Wildman–Crippen MR) is 75.0 cm³/mol. The van der Waals surface area contributed by atoms with Crippen molar-refractivity contribution in [1.82, 2.24) is 4.98 Å². The van der Waals surface area contributed by atoms with E-state index in [0.29, 0.717) is 5.92 Å². The molecule has 1 aromatic heterocycles. The topological polar surface area (TPSA) is 30.0 Å². The van der Waals surface area contributed by atoms with Gasteiger partial charge in [-0.15, -0.1) is 0 Å². The van der Waals surface area contributed by atoms with Gasteiger partial charge in [-0.05, 0) is 35.4 Å². The third kappa shape index (κ3) is 3.20. The Kier molecular flexibility index (Phi) is 4.15. The Bertz CT molecular complexity index is 520. The lowest BCUT2D eigenvalue weighted by Crippen LogP contribution is -1.95. The molecule has 3 heteroatoms. The zero-order valence-corrected chi connectivity index (χ0v) is 11.3. The van der Waals surface area contributed by atoms with Crippen LogP contribution in [0.3, 0.4) is 0 Å². The van der Waals surface area contributed by atoms with Crippen LogP contribution in [0.5, 0.6) is 0 Å². The Morgan fingerprint density at radius 1 is 1.11 bits per heavy atom. The first-order valence-corrected chi connectivity index (χ1v) is 6.71. The molecule has 0 saturated heterocycles. The molecule has 0 N–H and O–H groups in total. The molecule has 0 aliphatic rings. The summed E-state index contributed by atoms with van der Waals surface area (Å²) in [6.45, 7) is 4.28. The van der Waals surface area contributed by atoms with E-state index in [-0.39, 0.29) is 5.12 Å². The fourth-order valence-corrected chi connectivity index (χ4v) is 2.27. The van der Waals surface area contributed by atoms with E-state index in [2.05, 4.69) is 18.8 Å². The van der Waals surface area contributed by atoms with Gasteiger partial charge in [0, 0.05) is 11.8 Å². The lowest BCUT2D eigenvalue weighted by atomic mass is 10.0. The molecular weight excluding hydrogens is 242 g/mol. The highest BCUT2D eigenvalue weighted by molar-refractivity contribution is 8.14. The second-order valence-electron chi connectivity index (χ2n) is 4.33. The van der Waals surface area contributed by atoms with Crippen LogP contribution in [-0.4, -0.2) is 10.1 Å². The first-order chi connectivity index (χ1) is 8.66. The number of thioether (sulfide) groups is 1. The van der Waals surface area contributed by atoms with E-state index in [1.165, 1.54) is 5.56 Å². The summed E-state index contributed by atoms with van der Waals surface area (Å²) in [6, 6.07) is 13.3. The fraction of sp³-hybridized carbons (Fsp3) is 0.200. The zero-order valence-electron chi connectivity index (χ0n) is 10.5. The van der Waals surface area contributed by atoms with E-state index in [1.54, 1.807) is 6.20 Å². The predicted octanol–water partition coefficient (Wildman–Crippen LogP) is 4.14. The van der Waals surface area contributed by atoms with Crippen LogP contribution in [-0.2, 0) is 0 Å². The van der Waals surface area contributed by atoms with Gasteiger partial charge in [0.05, 0.1) is 0 Å². The van der Waals surface area contributed by atoms with Crippen LogP contribution in [0.1, 0.15) is 35.7 Å². The smallest absolute Gasteiger partial charge is 0.225 e. The van der Waals surface area contributed by atoms with Gasteiger partial charge in [0.25, 0.3) is 0 Å². The Balaban J connectivity index is 2.10. The lowest BCUT2D eigenvalue weighted by Gasteiger charge is -2.05. The van der Waals surface area contributed by atoms with Gasteiger partial charge in [-0.1, -0.05) is 44.2 Å². The van der Waals surface area contributed by atoms with Gasteiger partial charge in [-0.3, -0.25) is 4.79 Å². The van der Waals surface area contributed by atoms with Gasteiger partial charge in [-0.25, -0.2) is 4.98 Å². The van der Waals surface area contributed by atoms with E-state index in [9.17, 15) is 4.79 Å².